The molecule has 34 heavy (non-hydrogen) atoms. The molecular formula is C25H27N3O6. The van der Waals surface area contributed by atoms with Gasteiger partial charge in [-0.05, 0) is 56.0 Å². The Morgan fingerprint density at radius 1 is 1.06 bits per heavy atom. The molecule has 0 aliphatic carbocycles. The summed E-state index contributed by atoms with van der Waals surface area (Å²) in [4.78, 5) is 51.8. The normalized spacial score (nSPS) is 16.6. The van der Waals surface area contributed by atoms with Gasteiger partial charge in [-0.3, -0.25) is 24.5 Å². The first kappa shape index (κ1) is 23.4. The Morgan fingerprint density at radius 3 is 2.44 bits per heavy atom. The zero-order valence-electron chi connectivity index (χ0n) is 19.2. The summed E-state index contributed by atoms with van der Waals surface area (Å²) >= 11 is 0. The average Bonchev–Trinajstić information content (AvgIpc) is 3.27. The van der Waals surface area contributed by atoms with Crippen LogP contribution < -0.4 is 9.80 Å². The number of carbonyl (C=O) groups is 3. The van der Waals surface area contributed by atoms with Crippen LogP contribution in [0.15, 0.2) is 42.5 Å². The highest BCUT2D eigenvalue weighted by molar-refractivity contribution is 6.02. The Kier molecular flexibility index (Phi) is 6.63. The Hall–Kier alpha value is -3.75. The molecule has 178 valence electrons. The van der Waals surface area contributed by atoms with Crippen molar-refractivity contribution in [1.29, 1.82) is 0 Å². The van der Waals surface area contributed by atoms with Crippen molar-refractivity contribution in [1.82, 2.24) is 0 Å². The zero-order valence-corrected chi connectivity index (χ0v) is 19.2. The second-order valence-corrected chi connectivity index (χ2v) is 8.71. The van der Waals surface area contributed by atoms with Gasteiger partial charge in [0, 0.05) is 43.9 Å². The molecule has 1 amide bonds. The number of nitrogens with zero attached hydrogens (tertiary/aromatic N) is 3. The van der Waals surface area contributed by atoms with E-state index in [1.165, 1.54) is 13.0 Å². The molecule has 2 aliphatic heterocycles. The summed E-state index contributed by atoms with van der Waals surface area (Å²) in [6.07, 6.45) is 0.739. The van der Waals surface area contributed by atoms with Crippen molar-refractivity contribution < 1.29 is 24.0 Å². The van der Waals surface area contributed by atoms with Crippen molar-refractivity contribution in [3.05, 3.63) is 63.7 Å². The average molecular weight is 466 g/mol. The lowest BCUT2D eigenvalue weighted by atomic mass is 9.96. The molecule has 0 saturated carbocycles. The van der Waals surface area contributed by atoms with Gasteiger partial charge in [-0.15, -0.1) is 0 Å². The number of para-hydroxylation sites is 2. The van der Waals surface area contributed by atoms with Gasteiger partial charge in [-0.1, -0.05) is 12.1 Å². The predicted octanol–water partition coefficient (Wildman–Crippen LogP) is 3.53. The van der Waals surface area contributed by atoms with E-state index in [4.69, 9.17) is 4.74 Å². The fourth-order valence-corrected chi connectivity index (χ4v) is 4.68. The van der Waals surface area contributed by atoms with Gasteiger partial charge in [0.05, 0.1) is 10.8 Å². The van der Waals surface area contributed by atoms with Gasteiger partial charge in [0.2, 0.25) is 11.7 Å². The third-order valence-electron chi connectivity index (χ3n) is 6.55. The zero-order chi connectivity index (χ0) is 24.4. The van der Waals surface area contributed by atoms with E-state index in [2.05, 4.69) is 0 Å². The molecule has 1 saturated heterocycles. The molecule has 0 aromatic heterocycles. The number of nitro benzene ring substituents is 1. The standard InChI is InChI=1S/C25H27N3O6/c1-16(24(30)20-7-8-21-19(15-20)11-14-27(21)17(2)29)34-25(31)18-9-12-26(13-10-18)22-5-3-4-6-23(22)28(32)33/h3-8,15-16,18H,9-14H2,1-2H3/t16-/m1/s1. The van der Waals surface area contributed by atoms with E-state index in [1.807, 2.05) is 4.90 Å². The number of piperidine rings is 1. The highest BCUT2D eigenvalue weighted by Gasteiger charge is 2.31. The van der Waals surface area contributed by atoms with Gasteiger partial charge in [-0.2, -0.15) is 0 Å². The predicted molar refractivity (Wildman–Crippen MR) is 126 cm³/mol. The van der Waals surface area contributed by atoms with Crippen LogP contribution in [0.25, 0.3) is 0 Å². The van der Waals surface area contributed by atoms with Crippen LogP contribution in [0, 0.1) is 16.0 Å². The molecule has 0 radical (unpaired) electrons. The number of ether oxygens (including phenoxy) is 1. The quantitative estimate of drug-likeness (QED) is 0.278. The fraction of sp³-hybridized carbons (Fsp3) is 0.400. The summed E-state index contributed by atoms with van der Waals surface area (Å²) in [5.74, 6) is -1.10. The lowest BCUT2D eigenvalue weighted by molar-refractivity contribution is -0.384. The molecule has 4 rings (SSSR count). The fourth-order valence-electron chi connectivity index (χ4n) is 4.68. The lowest BCUT2D eigenvalue weighted by Gasteiger charge is -2.32. The van der Waals surface area contributed by atoms with E-state index in [9.17, 15) is 24.5 Å². The molecule has 1 fully saturated rings. The largest absolute Gasteiger partial charge is 0.454 e. The second-order valence-electron chi connectivity index (χ2n) is 8.71. The smallest absolute Gasteiger partial charge is 0.309 e. The minimum Gasteiger partial charge on any atom is -0.454 e. The van der Waals surface area contributed by atoms with Crippen molar-refractivity contribution in [2.24, 2.45) is 5.92 Å². The van der Waals surface area contributed by atoms with Crippen LogP contribution >= 0.6 is 0 Å². The third kappa shape index (κ3) is 4.64. The monoisotopic (exact) mass is 465 g/mol. The Labute approximate surface area is 197 Å². The van der Waals surface area contributed by atoms with E-state index in [0.717, 1.165) is 11.3 Å². The number of benzene rings is 2. The molecule has 9 heteroatoms. The van der Waals surface area contributed by atoms with Crippen molar-refractivity contribution >= 4 is 34.7 Å². The van der Waals surface area contributed by atoms with Crippen molar-refractivity contribution in [3.63, 3.8) is 0 Å². The van der Waals surface area contributed by atoms with E-state index in [-0.39, 0.29) is 23.3 Å². The van der Waals surface area contributed by atoms with Crippen molar-refractivity contribution in [3.8, 4) is 0 Å². The number of anilines is 2. The van der Waals surface area contributed by atoms with E-state index >= 15 is 0 Å². The van der Waals surface area contributed by atoms with Crippen LogP contribution in [0.5, 0.6) is 0 Å². The summed E-state index contributed by atoms with van der Waals surface area (Å²) in [6, 6.07) is 11.8. The van der Waals surface area contributed by atoms with Gasteiger partial charge < -0.3 is 14.5 Å². The van der Waals surface area contributed by atoms with Crippen LogP contribution in [0.1, 0.15) is 42.6 Å². The minimum absolute atomic E-state index is 0.0342. The highest BCUT2D eigenvalue weighted by Crippen LogP contribution is 2.32. The molecule has 2 heterocycles. The molecule has 0 spiro atoms. The van der Waals surface area contributed by atoms with Gasteiger partial charge in [0.25, 0.3) is 5.69 Å². The number of hydrogen-bond acceptors (Lipinski definition) is 7. The summed E-state index contributed by atoms with van der Waals surface area (Å²) < 4.78 is 5.51. The maximum atomic E-state index is 12.9. The number of fused-ring (bicyclic) bond motifs is 1. The SMILES string of the molecule is CC(=O)N1CCc2cc(C(=O)[C@@H](C)OC(=O)C3CCN(c4ccccc4[N+](=O)[O-])CC3)ccc21. The number of carbonyl (C=O) groups excluding carboxylic acids is 3. The molecule has 0 bridgehead atoms. The number of ketones is 1. The van der Waals surface area contributed by atoms with Crippen LogP contribution in [0.2, 0.25) is 0 Å². The van der Waals surface area contributed by atoms with Gasteiger partial charge in [-0.25, -0.2) is 0 Å². The first-order valence-electron chi connectivity index (χ1n) is 11.4. The van der Waals surface area contributed by atoms with E-state index in [1.54, 1.807) is 48.2 Å². The van der Waals surface area contributed by atoms with Gasteiger partial charge in [0.15, 0.2) is 6.10 Å². The first-order chi connectivity index (χ1) is 16.3. The molecule has 2 aromatic carbocycles. The number of Topliss-reactive ketones (excluding diaryl/α,β-unsaturated/α-hetero) is 1. The van der Waals surface area contributed by atoms with E-state index in [0.29, 0.717) is 50.1 Å². The third-order valence-corrected chi connectivity index (χ3v) is 6.55. The Bertz CT molecular complexity index is 1140. The van der Waals surface area contributed by atoms with Crippen LogP contribution in [0.4, 0.5) is 17.1 Å². The molecular weight excluding hydrogens is 438 g/mol. The number of hydrogen-bond donors (Lipinski definition) is 0. The maximum absolute atomic E-state index is 12.9. The second kappa shape index (κ2) is 9.62. The Balaban J connectivity index is 1.34. The maximum Gasteiger partial charge on any atom is 0.309 e. The summed E-state index contributed by atoms with van der Waals surface area (Å²) in [5, 5.41) is 11.3. The first-order valence-corrected chi connectivity index (χ1v) is 11.4. The lowest BCUT2D eigenvalue weighted by Crippen LogP contribution is -2.38. The molecule has 1 atom stereocenters. The van der Waals surface area contributed by atoms with Crippen LogP contribution in [-0.4, -0.2) is 48.3 Å². The van der Waals surface area contributed by atoms with Crippen molar-refractivity contribution in [2.75, 3.05) is 29.4 Å². The number of amides is 1. The van der Waals surface area contributed by atoms with Gasteiger partial charge in [0.1, 0.15) is 5.69 Å². The summed E-state index contributed by atoms with van der Waals surface area (Å²) in [5.41, 5.74) is 2.79. The van der Waals surface area contributed by atoms with Gasteiger partial charge >= 0.3 is 5.97 Å². The number of rotatable bonds is 6. The van der Waals surface area contributed by atoms with E-state index < -0.39 is 17.0 Å². The Morgan fingerprint density at radius 2 is 1.76 bits per heavy atom. The summed E-state index contributed by atoms with van der Waals surface area (Å²) in [7, 11) is 0. The molecule has 2 aromatic rings. The molecule has 0 unspecified atom stereocenters. The molecule has 9 nitrogen and oxygen atoms in total. The van der Waals surface area contributed by atoms with Crippen LogP contribution in [0.3, 0.4) is 0 Å². The number of esters is 1. The summed E-state index contributed by atoms with van der Waals surface area (Å²) in [6.45, 7) is 4.66. The highest BCUT2D eigenvalue weighted by atomic mass is 16.6. The molecule has 0 N–H and O–H groups in total. The van der Waals surface area contributed by atoms with Crippen LogP contribution in [-0.2, 0) is 20.7 Å². The topological polar surface area (TPSA) is 110 Å². The number of nitro groups is 1. The minimum atomic E-state index is -0.927. The molecule has 2 aliphatic rings. The van der Waals surface area contributed by atoms with Crippen molar-refractivity contribution in [2.45, 2.75) is 39.2 Å².